The largest absolute Gasteiger partial charge is 0.480 e. The Morgan fingerprint density at radius 2 is 1.79 bits per heavy atom. The molecule has 0 radical (unpaired) electrons. The van der Waals surface area contributed by atoms with E-state index in [-0.39, 0.29) is 24.8 Å². The lowest BCUT2D eigenvalue weighted by atomic mass is 9.98. The van der Waals surface area contributed by atoms with Crippen LogP contribution in [-0.2, 0) is 32.3 Å². The van der Waals surface area contributed by atoms with E-state index in [1.54, 1.807) is 5.06 Å². The second-order valence-corrected chi connectivity index (χ2v) is 7.48. The van der Waals surface area contributed by atoms with Crippen LogP contribution in [0.1, 0.15) is 18.1 Å². The first-order chi connectivity index (χ1) is 16.0. The molecule has 33 heavy (non-hydrogen) atoms. The zero-order valence-corrected chi connectivity index (χ0v) is 18.1. The summed E-state index contributed by atoms with van der Waals surface area (Å²) >= 11 is 0. The molecule has 0 fully saturated rings. The number of nitrogens with zero attached hydrogens (tertiary/aromatic N) is 4. The van der Waals surface area contributed by atoms with E-state index < -0.39 is 24.2 Å². The van der Waals surface area contributed by atoms with Gasteiger partial charge in [-0.3, -0.25) is 9.63 Å². The molecule has 1 heterocycles. The SMILES string of the molecule is CC(=O)N[C@@H]1C(N=[N+]=[N-])C=C(C(=O)O)O[C@H]1CN(Cc1ccccc1)OCc1ccccc1. The van der Waals surface area contributed by atoms with Gasteiger partial charge in [0.1, 0.15) is 6.10 Å². The summed E-state index contributed by atoms with van der Waals surface area (Å²) in [7, 11) is 0. The molecule has 0 aliphatic carbocycles. The molecule has 1 amide bonds. The van der Waals surface area contributed by atoms with Crippen LogP contribution in [0.5, 0.6) is 0 Å². The van der Waals surface area contributed by atoms with Crippen LogP contribution in [0.4, 0.5) is 0 Å². The third kappa shape index (κ3) is 7.08. The molecular weight excluding hydrogens is 426 g/mol. The molecule has 0 saturated heterocycles. The predicted molar refractivity (Wildman–Crippen MR) is 119 cm³/mol. The summed E-state index contributed by atoms with van der Waals surface area (Å²) in [4.78, 5) is 32.3. The third-order valence-electron chi connectivity index (χ3n) is 4.98. The van der Waals surface area contributed by atoms with Crippen LogP contribution in [0.2, 0.25) is 0 Å². The van der Waals surface area contributed by atoms with Crippen LogP contribution >= 0.6 is 0 Å². The highest BCUT2D eigenvalue weighted by Gasteiger charge is 2.38. The topological polar surface area (TPSA) is 137 Å². The maximum absolute atomic E-state index is 11.8. The van der Waals surface area contributed by atoms with Crippen molar-refractivity contribution in [2.24, 2.45) is 5.11 Å². The molecule has 2 N–H and O–H groups in total. The quantitative estimate of drug-likeness (QED) is 0.246. The predicted octanol–water partition coefficient (Wildman–Crippen LogP) is 3.17. The van der Waals surface area contributed by atoms with Crippen molar-refractivity contribution in [1.82, 2.24) is 10.4 Å². The molecule has 0 bridgehead atoms. The molecule has 1 aliphatic rings. The van der Waals surface area contributed by atoms with E-state index in [9.17, 15) is 14.7 Å². The monoisotopic (exact) mass is 451 g/mol. The average Bonchev–Trinajstić information content (AvgIpc) is 2.80. The van der Waals surface area contributed by atoms with Gasteiger partial charge in [0, 0.05) is 18.4 Å². The Morgan fingerprint density at radius 3 is 2.36 bits per heavy atom. The number of carbonyl (C=O) groups is 2. The Morgan fingerprint density at radius 1 is 1.15 bits per heavy atom. The van der Waals surface area contributed by atoms with Gasteiger partial charge in [0.05, 0.1) is 25.2 Å². The fourth-order valence-corrected chi connectivity index (χ4v) is 3.50. The van der Waals surface area contributed by atoms with Crippen molar-refractivity contribution in [3.63, 3.8) is 0 Å². The molecular formula is C23H25N5O5. The second-order valence-electron chi connectivity index (χ2n) is 7.48. The Labute approximate surface area is 191 Å². The number of amides is 1. The fraction of sp³-hybridized carbons (Fsp3) is 0.304. The molecule has 2 aromatic rings. The van der Waals surface area contributed by atoms with E-state index in [2.05, 4.69) is 15.3 Å². The van der Waals surface area contributed by atoms with Crippen LogP contribution in [0.15, 0.2) is 77.6 Å². The van der Waals surface area contributed by atoms with Gasteiger partial charge < -0.3 is 15.2 Å². The first kappa shape index (κ1) is 23.8. The van der Waals surface area contributed by atoms with E-state index in [1.807, 2.05) is 60.7 Å². The highest BCUT2D eigenvalue weighted by atomic mass is 16.7. The Balaban J connectivity index is 1.86. The smallest absolute Gasteiger partial charge is 0.370 e. The minimum atomic E-state index is -1.29. The molecule has 3 rings (SSSR count). The number of benzene rings is 2. The van der Waals surface area contributed by atoms with Crippen molar-refractivity contribution >= 4 is 11.9 Å². The summed E-state index contributed by atoms with van der Waals surface area (Å²) in [6.07, 6.45) is 0.353. The van der Waals surface area contributed by atoms with Crippen LogP contribution in [0.25, 0.3) is 10.4 Å². The molecule has 0 saturated carbocycles. The Hall–Kier alpha value is -3.85. The van der Waals surface area contributed by atoms with E-state index >= 15 is 0 Å². The van der Waals surface area contributed by atoms with E-state index in [1.165, 1.54) is 13.0 Å². The third-order valence-corrected chi connectivity index (χ3v) is 4.98. The van der Waals surface area contributed by atoms with Gasteiger partial charge in [-0.15, -0.1) is 0 Å². The average molecular weight is 451 g/mol. The first-order valence-corrected chi connectivity index (χ1v) is 10.3. The minimum Gasteiger partial charge on any atom is -0.480 e. The molecule has 2 aromatic carbocycles. The van der Waals surface area contributed by atoms with Gasteiger partial charge in [0.2, 0.25) is 11.7 Å². The fourth-order valence-electron chi connectivity index (χ4n) is 3.50. The van der Waals surface area contributed by atoms with Gasteiger partial charge in [-0.25, -0.2) is 4.79 Å². The normalized spacial score (nSPS) is 19.7. The van der Waals surface area contributed by atoms with E-state index in [0.29, 0.717) is 6.54 Å². The van der Waals surface area contributed by atoms with Crippen molar-refractivity contribution in [2.45, 2.75) is 38.3 Å². The molecule has 0 spiro atoms. The number of carboxylic acid groups (broad SMARTS) is 1. The number of ether oxygens (including phenoxy) is 1. The van der Waals surface area contributed by atoms with Crippen molar-refractivity contribution in [3.8, 4) is 0 Å². The van der Waals surface area contributed by atoms with Gasteiger partial charge in [-0.1, -0.05) is 65.8 Å². The molecule has 1 unspecified atom stereocenters. The molecule has 3 atom stereocenters. The number of nitrogens with one attached hydrogen (secondary N) is 1. The van der Waals surface area contributed by atoms with Crippen LogP contribution in [0, 0.1) is 0 Å². The number of aliphatic carboxylic acids is 1. The number of rotatable bonds is 10. The summed E-state index contributed by atoms with van der Waals surface area (Å²) in [6.45, 7) is 2.11. The van der Waals surface area contributed by atoms with Crippen LogP contribution in [-0.4, -0.2) is 46.8 Å². The maximum atomic E-state index is 11.8. The summed E-state index contributed by atoms with van der Waals surface area (Å²) in [5, 5.41) is 17.5. The highest BCUT2D eigenvalue weighted by Crippen LogP contribution is 2.23. The van der Waals surface area contributed by atoms with E-state index in [4.69, 9.17) is 15.1 Å². The zero-order chi connectivity index (χ0) is 23.6. The second kappa shape index (κ2) is 11.7. The van der Waals surface area contributed by atoms with Crippen molar-refractivity contribution < 1.29 is 24.3 Å². The standard InChI is InChI=1S/C23H25N5O5/c1-16(29)25-22-19(26-27-24)12-20(23(30)31)33-21(22)14-28(13-17-8-4-2-5-9-17)32-15-18-10-6-3-7-11-18/h2-12,19,21-22H,13-15H2,1H3,(H,25,29)(H,30,31)/t19?,21-,22+/m0/s1. The minimum absolute atomic E-state index is 0.106. The maximum Gasteiger partial charge on any atom is 0.370 e. The molecule has 10 heteroatoms. The highest BCUT2D eigenvalue weighted by molar-refractivity contribution is 5.84. The van der Waals surface area contributed by atoms with Crippen LogP contribution < -0.4 is 5.32 Å². The van der Waals surface area contributed by atoms with Gasteiger partial charge in [0.15, 0.2) is 0 Å². The Bertz CT molecular complexity index is 1020. The Kier molecular flexibility index (Phi) is 8.43. The van der Waals surface area contributed by atoms with Crippen molar-refractivity contribution in [1.29, 1.82) is 0 Å². The van der Waals surface area contributed by atoms with Crippen molar-refractivity contribution in [3.05, 3.63) is 94.1 Å². The van der Waals surface area contributed by atoms with Gasteiger partial charge in [-0.2, -0.15) is 5.06 Å². The summed E-state index contributed by atoms with van der Waals surface area (Å²) in [6, 6.07) is 17.5. The molecule has 172 valence electrons. The number of carbonyl (C=O) groups excluding carboxylic acids is 1. The van der Waals surface area contributed by atoms with Gasteiger partial charge >= 0.3 is 5.97 Å². The first-order valence-electron chi connectivity index (χ1n) is 10.3. The summed E-state index contributed by atoms with van der Waals surface area (Å²) in [5.74, 6) is -2.00. The number of hydrogen-bond acceptors (Lipinski definition) is 6. The zero-order valence-electron chi connectivity index (χ0n) is 18.1. The number of carboxylic acids is 1. The lowest BCUT2D eigenvalue weighted by Crippen LogP contribution is -2.56. The van der Waals surface area contributed by atoms with Crippen LogP contribution in [0.3, 0.4) is 0 Å². The number of hydrogen-bond donors (Lipinski definition) is 2. The lowest BCUT2D eigenvalue weighted by Gasteiger charge is -2.37. The lowest BCUT2D eigenvalue weighted by molar-refractivity contribution is -0.196. The molecule has 1 aliphatic heterocycles. The molecule has 0 aromatic heterocycles. The van der Waals surface area contributed by atoms with E-state index in [0.717, 1.165) is 11.1 Å². The van der Waals surface area contributed by atoms with Gasteiger partial charge in [-0.05, 0) is 22.7 Å². The summed E-state index contributed by atoms with van der Waals surface area (Å²) in [5.41, 5.74) is 10.9. The number of azide groups is 1. The molecule has 10 nitrogen and oxygen atoms in total. The van der Waals surface area contributed by atoms with Gasteiger partial charge in [0.25, 0.3) is 0 Å². The number of hydroxylamine groups is 2. The summed E-state index contributed by atoms with van der Waals surface area (Å²) < 4.78 is 5.70. The van der Waals surface area contributed by atoms with Crippen molar-refractivity contribution in [2.75, 3.05) is 6.54 Å².